The zero-order chi connectivity index (χ0) is 11.7. The fourth-order valence-corrected chi connectivity index (χ4v) is 0.494. The quantitative estimate of drug-likeness (QED) is 0.567. The van der Waals surface area contributed by atoms with Crippen molar-refractivity contribution < 1.29 is 10.2 Å². The predicted molar refractivity (Wildman–Crippen MR) is 69.4 cm³/mol. The fourth-order valence-electron chi connectivity index (χ4n) is 0.305. The lowest BCUT2D eigenvalue weighted by Crippen LogP contribution is -2.10. The molecule has 4 atom stereocenters. The highest BCUT2D eigenvalue weighted by Crippen LogP contribution is 2.06. The van der Waals surface area contributed by atoms with Crippen molar-refractivity contribution in [3.63, 3.8) is 0 Å². The molecular weight excluding hydrogens is 216 g/mol. The number of aliphatic hydroxyl groups excluding tert-OH is 2. The molecule has 0 aliphatic heterocycles. The first-order chi connectivity index (χ1) is 6.36. The van der Waals surface area contributed by atoms with E-state index in [1.807, 2.05) is 27.7 Å². The molecular formula is C10H24O2S2. The summed E-state index contributed by atoms with van der Waals surface area (Å²) >= 11 is 8.23. The van der Waals surface area contributed by atoms with E-state index in [9.17, 15) is 0 Å². The highest BCUT2D eigenvalue weighted by atomic mass is 32.1. The van der Waals surface area contributed by atoms with E-state index in [2.05, 4.69) is 25.3 Å². The van der Waals surface area contributed by atoms with Gasteiger partial charge >= 0.3 is 0 Å². The van der Waals surface area contributed by atoms with E-state index in [0.717, 1.165) is 0 Å². The lowest BCUT2D eigenvalue weighted by Gasteiger charge is -2.08. The van der Waals surface area contributed by atoms with Gasteiger partial charge in [0.1, 0.15) is 0 Å². The van der Waals surface area contributed by atoms with Gasteiger partial charge in [0, 0.05) is 23.7 Å². The number of rotatable bonds is 4. The van der Waals surface area contributed by atoms with Gasteiger partial charge in [-0.15, -0.1) is 0 Å². The SMILES string of the molecule is C[C@@H](S)[C@@H](C)CO.C[C@H](S)[C@H](C)CO. The first kappa shape index (κ1) is 17.0. The van der Waals surface area contributed by atoms with Crippen LogP contribution in [0.15, 0.2) is 0 Å². The molecule has 0 saturated carbocycles. The van der Waals surface area contributed by atoms with Crippen LogP contribution >= 0.6 is 25.3 Å². The van der Waals surface area contributed by atoms with Gasteiger partial charge in [-0.3, -0.25) is 0 Å². The minimum atomic E-state index is 0.241. The van der Waals surface area contributed by atoms with Crippen LogP contribution in [0.2, 0.25) is 0 Å². The average molecular weight is 240 g/mol. The molecule has 0 aliphatic carbocycles. The molecule has 0 aromatic heterocycles. The van der Waals surface area contributed by atoms with Crippen LogP contribution in [0.25, 0.3) is 0 Å². The molecule has 2 N–H and O–H groups in total. The Balaban J connectivity index is 0. The normalized spacial score (nSPS) is 18.9. The van der Waals surface area contributed by atoms with E-state index in [4.69, 9.17) is 10.2 Å². The third kappa shape index (κ3) is 10.7. The molecule has 0 radical (unpaired) electrons. The third-order valence-corrected chi connectivity index (χ3v) is 3.24. The zero-order valence-electron chi connectivity index (χ0n) is 9.51. The summed E-state index contributed by atoms with van der Waals surface area (Å²) in [5.74, 6) is 0.645. The van der Waals surface area contributed by atoms with Crippen LogP contribution in [0.1, 0.15) is 27.7 Å². The zero-order valence-corrected chi connectivity index (χ0v) is 11.3. The van der Waals surface area contributed by atoms with E-state index in [1.54, 1.807) is 0 Å². The van der Waals surface area contributed by atoms with Gasteiger partial charge in [0.15, 0.2) is 0 Å². The van der Waals surface area contributed by atoms with Gasteiger partial charge < -0.3 is 10.2 Å². The monoisotopic (exact) mass is 240 g/mol. The summed E-state index contributed by atoms with van der Waals surface area (Å²) in [4.78, 5) is 0. The second-order valence-electron chi connectivity index (χ2n) is 3.80. The Labute approximate surface area is 98.9 Å². The minimum Gasteiger partial charge on any atom is -0.396 e. The lowest BCUT2D eigenvalue weighted by atomic mass is 10.1. The first-order valence-corrected chi connectivity index (χ1v) is 5.97. The topological polar surface area (TPSA) is 40.5 Å². The molecule has 0 aliphatic rings. The van der Waals surface area contributed by atoms with Crippen LogP contribution in [0.3, 0.4) is 0 Å². The molecule has 0 bridgehead atoms. The molecule has 2 nitrogen and oxygen atoms in total. The Kier molecular flexibility index (Phi) is 12.3. The standard InChI is InChI=1S/2C5H12OS/c2*1-4(3-6)5(2)7/h2*4-7H,3H2,1-2H3/t2*4-,5+/m10/s1. The van der Waals surface area contributed by atoms with Crippen LogP contribution in [0, 0.1) is 11.8 Å². The van der Waals surface area contributed by atoms with Gasteiger partial charge in [0.25, 0.3) is 0 Å². The Bertz CT molecular complexity index is 105. The summed E-state index contributed by atoms with van der Waals surface area (Å²) in [5.41, 5.74) is 0. The summed E-state index contributed by atoms with van der Waals surface area (Å²) < 4.78 is 0. The number of thiol groups is 2. The van der Waals surface area contributed by atoms with E-state index >= 15 is 0 Å². The van der Waals surface area contributed by atoms with Crippen molar-refractivity contribution in [3.05, 3.63) is 0 Å². The molecule has 88 valence electrons. The largest absolute Gasteiger partial charge is 0.396 e. The van der Waals surface area contributed by atoms with Crippen LogP contribution in [0.5, 0.6) is 0 Å². The maximum Gasteiger partial charge on any atom is 0.0467 e. The molecule has 0 rings (SSSR count). The lowest BCUT2D eigenvalue weighted by molar-refractivity contribution is 0.237. The summed E-state index contributed by atoms with van der Waals surface area (Å²) in [7, 11) is 0. The number of hydrogen-bond acceptors (Lipinski definition) is 4. The van der Waals surface area contributed by atoms with Crippen molar-refractivity contribution in [2.75, 3.05) is 13.2 Å². The van der Waals surface area contributed by atoms with Crippen molar-refractivity contribution in [3.8, 4) is 0 Å². The molecule has 0 amide bonds. The van der Waals surface area contributed by atoms with Crippen molar-refractivity contribution in [1.82, 2.24) is 0 Å². The van der Waals surface area contributed by atoms with Gasteiger partial charge in [0.2, 0.25) is 0 Å². The Hall–Kier alpha value is 0.620. The van der Waals surface area contributed by atoms with Crippen molar-refractivity contribution in [2.24, 2.45) is 11.8 Å². The molecule has 14 heavy (non-hydrogen) atoms. The molecule has 0 aromatic carbocycles. The number of aliphatic hydroxyl groups is 2. The second kappa shape index (κ2) is 10.1. The van der Waals surface area contributed by atoms with Crippen LogP contribution in [0.4, 0.5) is 0 Å². The maximum absolute atomic E-state index is 8.46. The maximum atomic E-state index is 8.46. The van der Waals surface area contributed by atoms with Crippen molar-refractivity contribution in [2.45, 2.75) is 38.2 Å². The van der Waals surface area contributed by atoms with E-state index < -0.39 is 0 Å². The van der Waals surface area contributed by atoms with Gasteiger partial charge in [-0.2, -0.15) is 25.3 Å². The summed E-state index contributed by atoms with van der Waals surface area (Å²) in [6, 6.07) is 0. The molecule has 0 unspecified atom stereocenters. The fraction of sp³-hybridized carbons (Fsp3) is 1.00. The second-order valence-corrected chi connectivity index (χ2v) is 5.43. The third-order valence-electron chi connectivity index (χ3n) is 2.22. The molecule has 0 spiro atoms. The van der Waals surface area contributed by atoms with E-state index in [1.165, 1.54) is 0 Å². The van der Waals surface area contributed by atoms with Crippen LogP contribution in [-0.2, 0) is 0 Å². The highest BCUT2D eigenvalue weighted by Gasteiger charge is 2.04. The van der Waals surface area contributed by atoms with E-state index in [-0.39, 0.29) is 13.2 Å². The van der Waals surface area contributed by atoms with Gasteiger partial charge in [-0.05, 0) is 11.8 Å². The smallest absolute Gasteiger partial charge is 0.0467 e. The summed E-state index contributed by atoms with van der Waals surface area (Å²) in [6.45, 7) is 8.37. The van der Waals surface area contributed by atoms with Gasteiger partial charge in [0.05, 0.1) is 0 Å². The molecule has 0 fully saturated rings. The summed E-state index contributed by atoms with van der Waals surface area (Å²) in [6.07, 6.45) is 0. The average Bonchev–Trinajstić information content (AvgIpc) is 2.15. The summed E-state index contributed by atoms with van der Waals surface area (Å²) in [5, 5.41) is 17.5. The molecule has 0 heterocycles. The highest BCUT2D eigenvalue weighted by molar-refractivity contribution is 7.81. The van der Waals surface area contributed by atoms with Gasteiger partial charge in [-0.25, -0.2) is 0 Å². The predicted octanol–water partition coefficient (Wildman–Crippen LogP) is 1.87. The molecule has 4 heteroatoms. The Morgan fingerprint density at radius 2 is 1.00 bits per heavy atom. The van der Waals surface area contributed by atoms with Crippen LogP contribution in [-0.4, -0.2) is 33.9 Å². The first-order valence-electron chi connectivity index (χ1n) is 4.94. The van der Waals surface area contributed by atoms with Crippen molar-refractivity contribution in [1.29, 1.82) is 0 Å². The Morgan fingerprint density at radius 3 is 1.00 bits per heavy atom. The minimum absolute atomic E-state index is 0.241. The molecule has 0 aromatic rings. The van der Waals surface area contributed by atoms with Crippen LogP contribution < -0.4 is 0 Å². The van der Waals surface area contributed by atoms with Gasteiger partial charge in [-0.1, -0.05) is 27.7 Å². The number of hydrogen-bond donors (Lipinski definition) is 4. The van der Waals surface area contributed by atoms with Crippen molar-refractivity contribution >= 4 is 25.3 Å². The Morgan fingerprint density at radius 1 is 0.786 bits per heavy atom. The molecule has 0 saturated heterocycles. The van der Waals surface area contributed by atoms with E-state index in [0.29, 0.717) is 22.3 Å².